The van der Waals surface area contributed by atoms with Gasteiger partial charge in [0.15, 0.2) is 0 Å². The van der Waals surface area contributed by atoms with Crippen molar-refractivity contribution in [2.75, 3.05) is 0 Å². The highest BCUT2D eigenvalue weighted by molar-refractivity contribution is 6.29. The normalized spacial score (nSPS) is 12.1. The fourth-order valence-corrected chi connectivity index (χ4v) is 8.55. The van der Waals surface area contributed by atoms with Crippen LogP contribution in [0.15, 0.2) is 174 Å². The molecule has 0 saturated heterocycles. The van der Waals surface area contributed by atoms with E-state index in [0.29, 0.717) is 0 Å². The third kappa shape index (κ3) is 3.70. The van der Waals surface area contributed by atoms with Gasteiger partial charge in [0.05, 0.1) is 0 Å². The van der Waals surface area contributed by atoms with Gasteiger partial charge in [0.1, 0.15) is 11.2 Å². The van der Waals surface area contributed by atoms with Crippen LogP contribution in [0.4, 0.5) is 0 Å². The first-order valence-corrected chi connectivity index (χ1v) is 16.9. The second-order valence-electron chi connectivity index (χ2n) is 13.1. The summed E-state index contributed by atoms with van der Waals surface area (Å²) in [6.07, 6.45) is 0. The number of hydrogen-bond donors (Lipinski definition) is 0. The average Bonchev–Trinajstić information content (AvgIpc) is 3.55. The maximum absolute atomic E-state index is 6.50. The van der Waals surface area contributed by atoms with Crippen LogP contribution >= 0.6 is 0 Å². The quantitative estimate of drug-likeness (QED) is 0.138. The van der Waals surface area contributed by atoms with Crippen LogP contribution in [0, 0.1) is 0 Å². The van der Waals surface area contributed by atoms with Gasteiger partial charge in [-0.05, 0) is 99.7 Å². The molecule has 0 amide bonds. The molecule has 0 saturated carbocycles. The first kappa shape index (κ1) is 26.6. The van der Waals surface area contributed by atoms with Crippen LogP contribution in [0.2, 0.25) is 0 Å². The van der Waals surface area contributed by atoms with Crippen molar-refractivity contribution in [3.63, 3.8) is 0 Å². The van der Waals surface area contributed by atoms with E-state index >= 15 is 0 Å². The Balaban J connectivity index is 1.28. The van der Waals surface area contributed by atoms with Gasteiger partial charge in [0.25, 0.3) is 0 Å². The first-order valence-electron chi connectivity index (χ1n) is 16.9. The molecule has 1 heterocycles. The van der Waals surface area contributed by atoms with Crippen molar-refractivity contribution >= 4 is 86.6 Å². The molecule has 1 heteroatoms. The van der Waals surface area contributed by atoms with Crippen LogP contribution in [0.1, 0.15) is 0 Å². The SMILES string of the molecule is c1ccc2c(c1)oc1c3ccccc3c(-c3c4ccccc4c(-c4ccc5c6ccccc6c6ccccc6c5c4)c4ccccc34)cc21. The van der Waals surface area contributed by atoms with Crippen LogP contribution in [-0.2, 0) is 0 Å². The lowest BCUT2D eigenvalue weighted by Gasteiger charge is -2.19. The summed E-state index contributed by atoms with van der Waals surface area (Å²) in [4.78, 5) is 0. The summed E-state index contributed by atoms with van der Waals surface area (Å²) in [5.41, 5.74) is 6.85. The Kier molecular flexibility index (Phi) is 5.45. The lowest BCUT2D eigenvalue weighted by atomic mass is 9.83. The summed E-state index contributed by atoms with van der Waals surface area (Å²) in [6.45, 7) is 0. The van der Waals surface area contributed by atoms with Crippen LogP contribution in [0.5, 0.6) is 0 Å². The van der Waals surface area contributed by atoms with Crippen molar-refractivity contribution in [3.05, 3.63) is 170 Å². The molecule has 0 aliphatic rings. The largest absolute Gasteiger partial charge is 0.455 e. The van der Waals surface area contributed by atoms with Gasteiger partial charge in [0, 0.05) is 16.2 Å². The lowest BCUT2D eigenvalue weighted by Crippen LogP contribution is -1.92. The highest BCUT2D eigenvalue weighted by Gasteiger charge is 2.21. The predicted molar refractivity (Wildman–Crippen MR) is 210 cm³/mol. The third-order valence-corrected chi connectivity index (χ3v) is 10.6. The Labute approximate surface area is 282 Å². The smallest absolute Gasteiger partial charge is 0.143 e. The second kappa shape index (κ2) is 10.0. The van der Waals surface area contributed by atoms with Crippen LogP contribution in [0.25, 0.3) is 109 Å². The molecule has 0 bridgehead atoms. The number of furan rings is 1. The van der Waals surface area contributed by atoms with E-state index in [-0.39, 0.29) is 0 Å². The zero-order chi connectivity index (χ0) is 32.1. The summed E-state index contributed by atoms with van der Waals surface area (Å²) in [7, 11) is 0. The Hall–Kier alpha value is -6.44. The van der Waals surface area contributed by atoms with E-state index in [2.05, 4.69) is 164 Å². The molecule has 11 aromatic rings. The fraction of sp³-hybridized carbons (Fsp3) is 0. The van der Waals surface area contributed by atoms with Crippen LogP contribution < -0.4 is 0 Å². The van der Waals surface area contributed by atoms with E-state index in [4.69, 9.17) is 4.42 Å². The van der Waals surface area contributed by atoms with Crippen molar-refractivity contribution in [2.45, 2.75) is 0 Å². The van der Waals surface area contributed by atoms with Gasteiger partial charge in [-0.25, -0.2) is 0 Å². The van der Waals surface area contributed by atoms with Gasteiger partial charge in [-0.3, -0.25) is 0 Å². The molecule has 0 fully saturated rings. The number of fused-ring (bicyclic) bond motifs is 13. The van der Waals surface area contributed by atoms with Crippen molar-refractivity contribution in [1.82, 2.24) is 0 Å². The zero-order valence-corrected chi connectivity index (χ0v) is 26.6. The number of benzene rings is 10. The minimum Gasteiger partial charge on any atom is -0.455 e. The molecule has 49 heavy (non-hydrogen) atoms. The first-order chi connectivity index (χ1) is 24.3. The standard InChI is InChI=1S/C48H28O/c1-2-15-32-30(13-1)31-14-3-4-16-33(31)42-27-29(25-26-35(32)42)46-37-19-6-8-21-39(37)47(40-22-9-7-20-38(40)46)43-28-44-36-18-11-12-24-45(36)49-48(44)41-23-10-5-17-34(41)43/h1-28H. The van der Waals surface area contributed by atoms with E-state index in [9.17, 15) is 0 Å². The number of hydrogen-bond acceptors (Lipinski definition) is 1. The number of rotatable bonds is 2. The molecule has 0 radical (unpaired) electrons. The average molecular weight is 621 g/mol. The molecule has 0 N–H and O–H groups in total. The Morgan fingerprint density at radius 2 is 0.694 bits per heavy atom. The summed E-state index contributed by atoms with van der Waals surface area (Å²) >= 11 is 0. The predicted octanol–water partition coefficient (Wildman–Crippen LogP) is 13.8. The molecule has 10 aromatic carbocycles. The van der Waals surface area contributed by atoms with Gasteiger partial charge in [-0.15, -0.1) is 0 Å². The van der Waals surface area contributed by atoms with E-state index in [1.807, 2.05) is 6.07 Å². The molecule has 0 atom stereocenters. The van der Waals surface area contributed by atoms with Gasteiger partial charge in [0.2, 0.25) is 0 Å². The monoisotopic (exact) mass is 620 g/mol. The molecule has 226 valence electrons. The van der Waals surface area contributed by atoms with E-state index < -0.39 is 0 Å². The van der Waals surface area contributed by atoms with Crippen molar-refractivity contribution in [2.24, 2.45) is 0 Å². The fourth-order valence-electron chi connectivity index (χ4n) is 8.55. The summed E-state index contributed by atoms with van der Waals surface area (Å²) < 4.78 is 6.50. The van der Waals surface area contributed by atoms with Gasteiger partial charge in [-0.2, -0.15) is 0 Å². The van der Waals surface area contributed by atoms with Gasteiger partial charge < -0.3 is 4.42 Å². The van der Waals surface area contributed by atoms with E-state index in [1.54, 1.807) is 0 Å². The minimum absolute atomic E-state index is 0.918. The third-order valence-electron chi connectivity index (χ3n) is 10.6. The van der Waals surface area contributed by atoms with Gasteiger partial charge in [-0.1, -0.05) is 152 Å². The molecular weight excluding hydrogens is 593 g/mol. The molecular formula is C48H28O. The maximum Gasteiger partial charge on any atom is 0.143 e. The van der Waals surface area contributed by atoms with Crippen molar-refractivity contribution in [3.8, 4) is 22.3 Å². The summed E-state index contributed by atoms with van der Waals surface area (Å²) in [5.74, 6) is 0. The molecule has 0 aliphatic carbocycles. The second-order valence-corrected chi connectivity index (χ2v) is 13.1. The Morgan fingerprint density at radius 1 is 0.265 bits per heavy atom. The van der Waals surface area contributed by atoms with Crippen LogP contribution in [0.3, 0.4) is 0 Å². The molecule has 0 spiro atoms. The number of para-hydroxylation sites is 1. The zero-order valence-electron chi connectivity index (χ0n) is 26.6. The summed E-state index contributed by atoms with van der Waals surface area (Å²) in [5, 5.41) is 17.4. The lowest BCUT2D eigenvalue weighted by molar-refractivity contribution is 0.672. The van der Waals surface area contributed by atoms with Crippen molar-refractivity contribution < 1.29 is 4.42 Å². The highest BCUT2D eigenvalue weighted by Crippen LogP contribution is 2.48. The van der Waals surface area contributed by atoms with Gasteiger partial charge >= 0.3 is 0 Å². The molecule has 11 rings (SSSR count). The topological polar surface area (TPSA) is 13.1 Å². The van der Waals surface area contributed by atoms with E-state index in [0.717, 1.165) is 27.3 Å². The molecule has 1 nitrogen and oxygen atoms in total. The Bertz CT molecular complexity index is 3070. The highest BCUT2D eigenvalue weighted by atomic mass is 16.3. The van der Waals surface area contributed by atoms with Crippen LogP contribution in [-0.4, -0.2) is 0 Å². The van der Waals surface area contributed by atoms with E-state index in [1.165, 1.54) is 81.5 Å². The molecule has 0 aliphatic heterocycles. The molecule has 0 unspecified atom stereocenters. The molecule has 1 aromatic heterocycles. The van der Waals surface area contributed by atoms with Crippen molar-refractivity contribution in [1.29, 1.82) is 0 Å². The Morgan fingerprint density at radius 3 is 1.29 bits per heavy atom. The minimum atomic E-state index is 0.918. The summed E-state index contributed by atoms with van der Waals surface area (Å²) in [6, 6.07) is 62.1. The maximum atomic E-state index is 6.50.